The van der Waals surface area contributed by atoms with Gasteiger partial charge in [0.1, 0.15) is 12.1 Å². The molecule has 0 aromatic heterocycles. The highest BCUT2D eigenvalue weighted by atomic mass is 16.7. The number of aryl methyl sites for hydroxylation is 1. The second-order valence-corrected chi connectivity index (χ2v) is 8.16. The van der Waals surface area contributed by atoms with Gasteiger partial charge in [-0.1, -0.05) is 30.3 Å². The summed E-state index contributed by atoms with van der Waals surface area (Å²) in [6, 6.07) is 7.24. The molecule has 3 atom stereocenters. The Morgan fingerprint density at radius 3 is 2.56 bits per heavy atom. The maximum atomic E-state index is 13.2. The highest BCUT2D eigenvalue weighted by Gasteiger charge is 2.48. The Hall–Kier alpha value is -2.49. The molecular weight excluding hydrogens is 416 g/mol. The largest absolute Gasteiger partial charge is 0.480 e. The van der Waals surface area contributed by atoms with Crippen LogP contribution in [0.1, 0.15) is 38.7 Å². The van der Waals surface area contributed by atoms with E-state index in [4.69, 9.17) is 14.2 Å². The van der Waals surface area contributed by atoms with E-state index in [-0.39, 0.29) is 25.5 Å². The lowest BCUT2D eigenvalue weighted by Crippen LogP contribution is -2.60. The van der Waals surface area contributed by atoms with Crippen LogP contribution in [0.25, 0.3) is 0 Å². The number of likely N-dealkylation sites (tertiary alicyclic amines) is 1. The van der Waals surface area contributed by atoms with Crippen LogP contribution in [-0.2, 0) is 35.0 Å². The molecule has 2 unspecified atom stereocenters. The van der Waals surface area contributed by atoms with Crippen LogP contribution in [0.5, 0.6) is 0 Å². The van der Waals surface area contributed by atoms with E-state index in [2.05, 4.69) is 5.32 Å². The molecule has 3 rings (SSSR count). The first-order chi connectivity index (χ1) is 15.3. The summed E-state index contributed by atoms with van der Waals surface area (Å²) in [5.74, 6) is -2.84. The third-order valence-corrected chi connectivity index (χ3v) is 5.95. The number of amides is 1. The average molecular weight is 449 g/mol. The first-order valence-electron chi connectivity index (χ1n) is 11.1. The van der Waals surface area contributed by atoms with E-state index in [1.807, 2.05) is 30.3 Å². The number of carbonyl (C=O) groups excluding carboxylic acids is 2. The van der Waals surface area contributed by atoms with E-state index in [1.54, 1.807) is 13.8 Å². The van der Waals surface area contributed by atoms with Crippen LogP contribution in [-0.4, -0.2) is 78.1 Å². The fourth-order valence-corrected chi connectivity index (χ4v) is 4.29. The lowest BCUT2D eigenvalue weighted by molar-refractivity contribution is -0.204. The second-order valence-electron chi connectivity index (χ2n) is 8.16. The van der Waals surface area contributed by atoms with Crippen LogP contribution in [0.4, 0.5) is 0 Å². The summed E-state index contributed by atoms with van der Waals surface area (Å²) in [5, 5.41) is 12.8. The quantitative estimate of drug-likeness (QED) is 0.544. The van der Waals surface area contributed by atoms with Gasteiger partial charge in [-0.15, -0.1) is 0 Å². The van der Waals surface area contributed by atoms with E-state index in [0.29, 0.717) is 32.5 Å². The number of esters is 1. The van der Waals surface area contributed by atoms with Crippen molar-refractivity contribution < 1.29 is 33.7 Å². The molecule has 9 heteroatoms. The Kier molecular flexibility index (Phi) is 8.22. The summed E-state index contributed by atoms with van der Waals surface area (Å²) < 4.78 is 16.5. The standard InChI is InChI=1S/C23H32N2O7/c1-3-30-22(29)18(10-9-17-7-5-4-6-8-17)24-16(2)20(26)25-12-11-23(31-13-14-32-23)15-19(25)21(27)28/h4-8,16,18-19,24H,3,9-15H2,1-2H3,(H,27,28)/t16-,18?,19?/m0/s1. The molecule has 2 heterocycles. The number of aliphatic carboxylic acids is 1. The van der Waals surface area contributed by atoms with Crippen LogP contribution in [0.2, 0.25) is 0 Å². The van der Waals surface area contributed by atoms with Crippen molar-refractivity contribution in [1.82, 2.24) is 10.2 Å². The van der Waals surface area contributed by atoms with Crippen LogP contribution < -0.4 is 5.32 Å². The molecule has 1 aromatic carbocycles. The van der Waals surface area contributed by atoms with Crippen molar-refractivity contribution in [1.29, 1.82) is 0 Å². The molecule has 1 amide bonds. The van der Waals surface area contributed by atoms with Crippen molar-refractivity contribution in [2.75, 3.05) is 26.4 Å². The molecule has 9 nitrogen and oxygen atoms in total. The Bertz CT molecular complexity index is 795. The zero-order valence-electron chi connectivity index (χ0n) is 18.6. The molecule has 0 aliphatic carbocycles. The minimum absolute atomic E-state index is 0.0795. The molecule has 2 aliphatic heterocycles. The molecule has 1 aromatic rings. The highest BCUT2D eigenvalue weighted by molar-refractivity contribution is 5.88. The molecule has 2 fully saturated rings. The van der Waals surface area contributed by atoms with E-state index in [1.165, 1.54) is 4.90 Å². The molecule has 0 radical (unpaired) electrons. The number of hydrogen-bond donors (Lipinski definition) is 2. The van der Waals surface area contributed by atoms with Gasteiger partial charge in [-0.25, -0.2) is 4.79 Å². The predicted molar refractivity (Wildman–Crippen MR) is 115 cm³/mol. The van der Waals surface area contributed by atoms with Gasteiger partial charge in [-0.05, 0) is 32.3 Å². The van der Waals surface area contributed by atoms with Gasteiger partial charge >= 0.3 is 11.9 Å². The normalized spacial score (nSPS) is 21.8. The zero-order chi connectivity index (χ0) is 23.1. The fourth-order valence-electron chi connectivity index (χ4n) is 4.29. The van der Waals surface area contributed by atoms with E-state index >= 15 is 0 Å². The number of carboxylic acids is 1. The summed E-state index contributed by atoms with van der Waals surface area (Å²) >= 11 is 0. The number of ether oxygens (including phenoxy) is 3. The molecule has 32 heavy (non-hydrogen) atoms. The summed E-state index contributed by atoms with van der Waals surface area (Å²) in [6.07, 6.45) is 1.57. The minimum atomic E-state index is -1.10. The van der Waals surface area contributed by atoms with E-state index in [9.17, 15) is 19.5 Å². The summed E-state index contributed by atoms with van der Waals surface area (Å²) in [7, 11) is 0. The Balaban J connectivity index is 1.65. The van der Waals surface area contributed by atoms with Crippen molar-refractivity contribution in [3.05, 3.63) is 35.9 Å². The van der Waals surface area contributed by atoms with Crippen molar-refractivity contribution in [2.45, 2.75) is 63.4 Å². The topological polar surface area (TPSA) is 114 Å². The second kappa shape index (κ2) is 10.9. The highest BCUT2D eigenvalue weighted by Crippen LogP contribution is 2.35. The Morgan fingerprint density at radius 2 is 1.94 bits per heavy atom. The van der Waals surface area contributed by atoms with Crippen LogP contribution in [0.3, 0.4) is 0 Å². The molecule has 0 saturated carbocycles. The molecule has 0 bridgehead atoms. The van der Waals surface area contributed by atoms with Gasteiger partial charge in [0.2, 0.25) is 5.91 Å². The number of carboxylic acid groups (broad SMARTS) is 1. The van der Waals surface area contributed by atoms with Gasteiger partial charge in [0.05, 0.1) is 25.9 Å². The third-order valence-electron chi connectivity index (χ3n) is 5.95. The monoisotopic (exact) mass is 448 g/mol. The number of nitrogens with zero attached hydrogens (tertiary/aromatic N) is 1. The molecule has 176 valence electrons. The number of nitrogens with one attached hydrogen (secondary N) is 1. The average Bonchev–Trinajstić information content (AvgIpc) is 3.24. The van der Waals surface area contributed by atoms with E-state index in [0.717, 1.165) is 5.56 Å². The van der Waals surface area contributed by atoms with Crippen molar-refractivity contribution in [2.24, 2.45) is 0 Å². The van der Waals surface area contributed by atoms with Crippen LogP contribution in [0.15, 0.2) is 30.3 Å². The summed E-state index contributed by atoms with van der Waals surface area (Å²) in [4.78, 5) is 38.9. The Morgan fingerprint density at radius 1 is 1.25 bits per heavy atom. The first kappa shape index (κ1) is 24.2. The van der Waals surface area contributed by atoms with Gasteiger partial charge in [-0.2, -0.15) is 0 Å². The smallest absolute Gasteiger partial charge is 0.326 e. The lowest BCUT2D eigenvalue weighted by atomic mass is 9.95. The van der Waals surface area contributed by atoms with Gasteiger partial charge in [0.15, 0.2) is 5.79 Å². The van der Waals surface area contributed by atoms with Gasteiger partial charge in [0, 0.05) is 19.4 Å². The molecule has 2 aliphatic rings. The predicted octanol–water partition coefficient (Wildman–Crippen LogP) is 1.35. The van der Waals surface area contributed by atoms with Gasteiger partial charge in [0.25, 0.3) is 0 Å². The SMILES string of the molecule is CCOC(=O)C(CCc1ccccc1)N[C@@H](C)C(=O)N1CCC2(CC1C(=O)O)OCCO2. The number of benzene rings is 1. The van der Waals surface area contributed by atoms with E-state index < -0.39 is 35.9 Å². The first-order valence-corrected chi connectivity index (χ1v) is 11.1. The summed E-state index contributed by atoms with van der Waals surface area (Å²) in [5.41, 5.74) is 1.08. The number of rotatable bonds is 9. The molecule has 1 spiro atoms. The molecular formula is C23H32N2O7. The number of hydrogen-bond acceptors (Lipinski definition) is 7. The van der Waals surface area contributed by atoms with Gasteiger partial charge < -0.3 is 24.2 Å². The number of piperidine rings is 1. The van der Waals surface area contributed by atoms with Gasteiger partial charge in [-0.3, -0.25) is 14.9 Å². The van der Waals surface area contributed by atoms with Crippen molar-refractivity contribution in [3.63, 3.8) is 0 Å². The molecule has 2 N–H and O–H groups in total. The zero-order valence-corrected chi connectivity index (χ0v) is 18.6. The minimum Gasteiger partial charge on any atom is -0.480 e. The maximum Gasteiger partial charge on any atom is 0.326 e. The number of carbonyl (C=O) groups is 3. The third kappa shape index (κ3) is 5.85. The maximum absolute atomic E-state index is 13.2. The van der Waals surface area contributed by atoms with Crippen molar-refractivity contribution in [3.8, 4) is 0 Å². The van der Waals surface area contributed by atoms with Crippen molar-refractivity contribution >= 4 is 17.8 Å². The Labute approximate surface area is 188 Å². The molecule has 2 saturated heterocycles. The lowest BCUT2D eigenvalue weighted by Gasteiger charge is -2.42. The summed E-state index contributed by atoms with van der Waals surface area (Å²) in [6.45, 7) is 4.65. The van der Waals surface area contributed by atoms with Crippen LogP contribution >= 0.6 is 0 Å². The van der Waals surface area contributed by atoms with Crippen LogP contribution in [0, 0.1) is 0 Å². The fraction of sp³-hybridized carbons (Fsp3) is 0.609.